The maximum atomic E-state index is 10.9. The van der Waals surface area contributed by atoms with E-state index in [2.05, 4.69) is 27.1 Å². The van der Waals surface area contributed by atoms with Crippen LogP contribution in [0.2, 0.25) is 0 Å². The molecule has 12 nitrogen and oxygen atoms in total. The van der Waals surface area contributed by atoms with E-state index in [0.717, 1.165) is 0 Å². The van der Waals surface area contributed by atoms with Crippen LogP contribution in [-0.2, 0) is 40.8 Å². The van der Waals surface area contributed by atoms with E-state index in [9.17, 15) is 13.7 Å². The summed E-state index contributed by atoms with van der Waals surface area (Å²) in [4.78, 5) is 26.9. The summed E-state index contributed by atoms with van der Waals surface area (Å²) >= 11 is 0. The van der Waals surface area contributed by atoms with Crippen molar-refractivity contribution in [1.82, 2.24) is 0 Å². The second kappa shape index (κ2) is 19.8. The molecule has 0 aliphatic carbocycles. The summed E-state index contributed by atoms with van der Waals surface area (Å²) in [5.74, 6) is 0. The van der Waals surface area contributed by atoms with Crippen LogP contribution in [0.25, 0.3) is 0 Å². The van der Waals surface area contributed by atoms with Crippen molar-refractivity contribution in [3.63, 3.8) is 0 Å². The lowest BCUT2D eigenvalue weighted by Gasteiger charge is -2.16. The van der Waals surface area contributed by atoms with E-state index >= 15 is 0 Å². The minimum Gasteiger partial charge on any atom is -0.302 e. The lowest BCUT2D eigenvalue weighted by Crippen LogP contribution is -2.06. The number of phosphoric ester groups is 3. The lowest BCUT2D eigenvalue weighted by molar-refractivity contribution is 0.0968. The molecule has 0 saturated carbocycles. The average molecular weight is 580 g/mol. The van der Waals surface area contributed by atoms with Crippen LogP contribution in [0.5, 0.6) is 0 Å². The highest BCUT2D eigenvalue weighted by atomic mass is 31.2. The Morgan fingerprint density at radius 1 is 0.382 bits per heavy atom. The van der Waals surface area contributed by atoms with Crippen molar-refractivity contribution in [3.05, 3.63) is 0 Å². The Morgan fingerprint density at radius 2 is 0.471 bits per heavy atom. The summed E-state index contributed by atoms with van der Waals surface area (Å²) in [6.07, 6.45) is -1.81. The van der Waals surface area contributed by atoms with Crippen LogP contribution in [0.1, 0.15) is 83.1 Å². The molecule has 0 saturated heterocycles. The highest BCUT2D eigenvalue weighted by Crippen LogP contribution is 2.46. The van der Waals surface area contributed by atoms with Gasteiger partial charge in [0, 0.05) is 0 Å². The molecule has 0 aromatic heterocycles. The van der Waals surface area contributed by atoms with Crippen LogP contribution in [0.4, 0.5) is 0 Å². The molecular formula is C18H48O12P4. The second-order valence-electron chi connectivity index (χ2n) is 8.33. The smallest absolute Gasteiger partial charge is 0.302 e. The molecule has 0 aliphatic heterocycles. The molecule has 0 aromatic carbocycles. The summed E-state index contributed by atoms with van der Waals surface area (Å²) in [5.41, 5.74) is 0. The SMILES string of the molecule is CC(C)OP(=O)(O)OC(C)C.CC(C)OP(=O)(O)OC(C)C.CC(C)OP(=O)(O)OC(C)C.P. The normalized spacial score (nSPS) is 12.6. The van der Waals surface area contributed by atoms with Gasteiger partial charge in [0.1, 0.15) is 0 Å². The van der Waals surface area contributed by atoms with E-state index in [1.807, 2.05) is 0 Å². The van der Waals surface area contributed by atoms with Crippen molar-refractivity contribution in [2.24, 2.45) is 0 Å². The summed E-state index contributed by atoms with van der Waals surface area (Å²) in [7, 11) is -11.4. The topological polar surface area (TPSA) is 167 Å². The average Bonchev–Trinajstić information content (AvgIpc) is 2.38. The quantitative estimate of drug-likeness (QED) is 0.235. The largest absolute Gasteiger partial charge is 0.472 e. The number of rotatable bonds is 12. The minimum atomic E-state index is -3.80. The van der Waals surface area contributed by atoms with Crippen LogP contribution in [0, 0.1) is 0 Å². The van der Waals surface area contributed by atoms with Gasteiger partial charge in [-0.05, 0) is 83.1 Å². The van der Waals surface area contributed by atoms with Gasteiger partial charge in [-0.2, -0.15) is 9.90 Å². The van der Waals surface area contributed by atoms with E-state index in [1.165, 1.54) is 0 Å². The monoisotopic (exact) mass is 580 g/mol. The second-order valence-corrected chi connectivity index (χ2v) is 12.4. The molecule has 16 heteroatoms. The molecule has 0 heterocycles. The molecule has 0 fully saturated rings. The fraction of sp³-hybridized carbons (Fsp3) is 1.00. The summed E-state index contributed by atoms with van der Waals surface area (Å²) in [5, 5.41) is 0. The van der Waals surface area contributed by atoms with E-state index < -0.39 is 23.5 Å². The van der Waals surface area contributed by atoms with Gasteiger partial charge in [-0.3, -0.25) is 27.1 Å². The Bertz CT molecular complexity index is 511. The number of hydrogen-bond acceptors (Lipinski definition) is 9. The Balaban J connectivity index is -0.000000196. The van der Waals surface area contributed by atoms with Gasteiger partial charge in [0.15, 0.2) is 0 Å². The lowest BCUT2D eigenvalue weighted by atomic mass is 10.5. The molecule has 0 radical (unpaired) electrons. The van der Waals surface area contributed by atoms with Gasteiger partial charge in [0.05, 0.1) is 36.6 Å². The van der Waals surface area contributed by atoms with Crippen molar-refractivity contribution in [2.75, 3.05) is 0 Å². The standard InChI is InChI=1S/3C6H15O4P.H3P/c3*1-5(2)9-11(7,8)10-6(3)4;/h3*5-6H,1-4H3,(H,7,8);1H3. The van der Waals surface area contributed by atoms with Crippen molar-refractivity contribution >= 4 is 33.4 Å². The Hall–Kier alpha value is 0.760. The zero-order valence-electron chi connectivity index (χ0n) is 22.5. The molecule has 0 aromatic rings. The zero-order valence-corrected chi connectivity index (χ0v) is 26.6. The van der Waals surface area contributed by atoms with Crippen molar-refractivity contribution in [3.8, 4) is 0 Å². The predicted octanol–water partition coefficient (Wildman–Crippen LogP) is 5.87. The third kappa shape index (κ3) is 34.9. The molecule has 34 heavy (non-hydrogen) atoms. The molecule has 0 bridgehead atoms. The van der Waals surface area contributed by atoms with Crippen LogP contribution in [-0.4, -0.2) is 51.3 Å². The van der Waals surface area contributed by atoms with Gasteiger partial charge < -0.3 is 14.7 Å². The first kappa shape index (κ1) is 41.9. The Labute approximate surface area is 208 Å². The van der Waals surface area contributed by atoms with Gasteiger partial charge in [0.2, 0.25) is 0 Å². The maximum Gasteiger partial charge on any atom is 0.472 e. The molecule has 0 rings (SSSR count). The molecule has 0 aliphatic rings. The van der Waals surface area contributed by atoms with Crippen molar-refractivity contribution in [1.29, 1.82) is 0 Å². The fourth-order valence-electron chi connectivity index (χ4n) is 1.67. The van der Waals surface area contributed by atoms with Crippen molar-refractivity contribution in [2.45, 2.75) is 120 Å². The van der Waals surface area contributed by atoms with E-state index in [4.69, 9.17) is 14.7 Å². The first-order valence-corrected chi connectivity index (χ1v) is 15.1. The minimum absolute atomic E-state index is 0. The van der Waals surface area contributed by atoms with Gasteiger partial charge >= 0.3 is 23.5 Å². The van der Waals surface area contributed by atoms with E-state index in [0.29, 0.717) is 0 Å². The zero-order chi connectivity index (χ0) is 27.2. The molecule has 0 spiro atoms. The van der Waals surface area contributed by atoms with Crippen molar-refractivity contribution < 1.29 is 55.5 Å². The van der Waals surface area contributed by atoms with Gasteiger partial charge in [-0.1, -0.05) is 0 Å². The first-order chi connectivity index (χ1) is 14.5. The Kier molecular flexibility index (Phi) is 24.4. The number of phosphoric acid groups is 3. The maximum absolute atomic E-state index is 10.9. The van der Waals surface area contributed by atoms with E-state index in [-0.39, 0.29) is 46.5 Å². The van der Waals surface area contributed by atoms with Crippen LogP contribution >= 0.6 is 33.4 Å². The number of hydrogen-bond donors (Lipinski definition) is 3. The van der Waals surface area contributed by atoms with E-state index in [1.54, 1.807) is 83.1 Å². The van der Waals surface area contributed by atoms with Crippen LogP contribution < -0.4 is 0 Å². The molecule has 1 unspecified atom stereocenters. The summed E-state index contributed by atoms with van der Waals surface area (Å²) < 4.78 is 60.7. The Morgan fingerprint density at radius 3 is 0.529 bits per heavy atom. The fourth-order valence-corrected chi connectivity index (χ4v) is 5.02. The highest BCUT2D eigenvalue weighted by Gasteiger charge is 2.25. The first-order valence-electron chi connectivity index (χ1n) is 10.6. The molecule has 1 atom stereocenters. The van der Waals surface area contributed by atoms with Crippen LogP contribution in [0.15, 0.2) is 0 Å². The van der Waals surface area contributed by atoms with Gasteiger partial charge in [-0.15, -0.1) is 0 Å². The van der Waals surface area contributed by atoms with Crippen LogP contribution in [0.3, 0.4) is 0 Å². The third-order valence-electron chi connectivity index (χ3n) is 2.06. The molecule has 3 N–H and O–H groups in total. The van der Waals surface area contributed by atoms with Gasteiger partial charge in [0.25, 0.3) is 0 Å². The molecular weight excluding hydrogens is 532 g/mol. The summed E-state index contributed by atoms with van der Waals surface area (Å²) in [6, 6.07) is 0. The predicted molar refractivity (Wildman–Crippen MR) is 138 cm³/mol. The van der Waals surface area contributed by atoms with Gasteiger partial charge in [-0.25, -0.2) is 13.7 Å². The summed E-state index contributed by atoms with van der Waals surface area (Å²) in [6.45, 7) is 20.1. The molecule has 212 valence electrons. The highest BCUT2D eigenvalue weighted by molar-refractivity contribution is 7.48. The molecule has 0 amide bonds. The third-order valence-corrected chi connectivity index (χ3v) is 6.19.